The zero-order chi connectivity index (χ0) is 75.4. The van der Waals surface area contributed by atoms with Crippen molar-refractivity contribution in [2.24, 2.45) is 0 Å². The van der Waals surface area contributed by atoms with Gasteiger partial charge in [0.1, 0.15) is 46.8 Å². The number of carboxylic acids is 1. The molecule has 22 heteroatoms. The van der Waals surface area contributed by atoms with Crippen LogP contribution in [0.3, 0.4) is 0 Å². The van der Waals surface area contributed by atoms with E-state index < -0.39 is 5.97 Å². The molecule has 0 amide bonds. The van der Waals surface area contributed by atoms with E-state index >= 15 is 0 Å². The zero-order valence-corrected chi connectivity index (χ0v) is 63.2. The molecular weight excluding hydrogens is 1380 g/mol. The molecule has 5 aromatic carbocycles. The van der Waals surface area contributed by atoms with Crippen molar-refractivity contribution in [2.45, 2.75) is 42.6 Å². The van der Waals surface area contributed by atoms with E-state index in [1.807, 2.05) is 104 Å². The summed E-state index contributed by atoms with van der Waals surface area (Å²) in [5.41, 5.74) is 16.7. The van der Waals surface area contributed by atoms with E-state index in [1.54, 1.807) is 49.1 Å². The fraction of sp³-hybridized carbons (Fsp3) is 0.318. The quantitative estimate of drug-likeness (QED) is 0.0912. The topological polar surface area (TPSA) is 225 Å². The Labute approximate surface area is 640 Å². The second-order valence-electron chi connectivity index (χ2n) is 27.2. The van der Waals surface area contributed by atoms with Crippen molar-refractivity contribution in [3.63, 3.8) is 0 Å². The van der Waals surface area contributed by atoms with Crippen LogP contribution in [0.15, 0.2) is 237 Å². The Balaban J connectivity index is 0.000000140. The minimum atomic E-state index is -0.936. The first-order valence-electron chi connectivity index (χ1n) is 36.3. The van der Waals surface area contributed by atoms with Crippen molar-refractivity contribution in [2.75, 3.05) is 158 Å². The van der Waals surface area contributed by atoms with Gasteiger partial charge in [-0.3, -0.25) is 0 Å². The molecule has 0 aliphatic carbocycles. The number of hydrogen-bond acceptors (Lipinski definition) is 19. The van der Waals surface area contributed by atoms with Crippen molar-refractivity contribution in [3.8, 4) is 12.1 Å². The molecule has 5 unspecified atom stereocenters. The first kappa shape index (κ1) is 79.2. The number of aromatic carboxylic acids is 1. The first-order chi connectivity index (χ1) is 52.2. The van der Waals surface area contributed by atoms with E-state index in [4.69, 9.17) is 34.2 Å². The lowest BCUT2D eigenvalue weighted by Crippen LogP contribution is -2.47. The molecule has 5 aliphatic rings. The summed E-state index contributed by atoms with van der Waals surface area (Å²) in [4.78, 5) is 53.9. The second kappa shape index (κ2) is 40.4. The molecule has 0 radical (unpaired) electrons. The number of carbonyl (C=O) groups is 1. The molecule has 4 fully saturated rings. The van der Waals surface area contributed by atoms with Gasteiger partial charge in [-0.25, -0.2) is 29.7 Å². The number of pyridine rings is 5. The van der Waals surface area contributed by atoms with Gasteiger partial charge in [-0.05, 0) is 123 Å². The molecule has 15 rings (SSSR count). The Morgan fingerprint density at radius 2 is 0.897 bits per heavy atom. The molecule has 107 heavy (non-hydrogen) atoms. The normalized spacial score (nSPS) is 18.0. The highest BCUT2D eigenvalue weighted by molar-refractivity contribution is 6.21. The van der Waals surface area contributed by atoms with Crippen LogP contribution in [0.4, 0.5) is 29.1 Å². The van der Waals surface area contributed by atoms with E-state index in [9.17, 15) is 20.3 Å². The minimum Gasteiger partial charge on any atom is -0.478 e. The molecule has 10 aromatic rings. The number of hydrogen-bond donors (Lipinski definition) is 3. The SMILES string of the molecule is CN(CCCl)CC(Cl)c1ccccc1.CN1CCN(c2ncccc2C#N)C(c2ccccc2)C1.CN1CCN(c2ncccc2C(=O)O)C(c2ccccc2)C1.CN1CCN(c2ncccc2CO)C(c2ccccc2)C1.CN1CCN2c3ncccc3Cc3ccccc3C2C1.N#Cc1cccnc1N. The van der Waals surface area contributed by atoms with Crippen LogP contribution in [-0.4, -0.2) is 198 Å². The molecule has 5 aliphatic heterocycles. The highest BCUT2D eigenvalue weighted by Gasteiger charge is 2.35. The molecule has 554 valence electrons. The number of nitriles is 2. The molecule has 20 nitrogen and oxygen atoms in total. The number of aliphatic hydroxyl groups is 1. The van der Waals surface area contributed by atoms with Crippen molar-refractivity contribution < 1.29 is 15.0 Å². The Morgan fingerprint density at radius 3 is 1.39 bits per heavy atom. The van der Waals surface area contributed by atoms with Gasteiger partial charge in [0.05, 0.1) is 47.3 Å². The molecule has 5 aromatic heterocycles. The second-order valence-corrected chi connectivity index (χ2v) is 28.1. The number of alkyl halides is 2. The van der Waals surface area contributed by atoms with E-state index in [0.29, 0.717) is 34.7 Å². The lowest BCUT2D eigenvalue weighted by molar-refractivity contribution is 0.0696. The smallest absolute Gasteiger partial charge is 0.339 e. The fourth-order valence-electron chi connectivity index (χ4n) is 14.0. The van der Waals surface area contributed by atoms with Crippen molar-refractivity contribution in [3.05, 3.63) is 298 Å². The number of halogens is 2. The van der Waals surface area contributed by atoms with Crippen LogP contribution in [0.1, 0.15) is 95.5 Å². The summed E-state index contributed by atoms with van der Waals surface area (Å²) in [6.45, 7) is 13.1. The van der Waals surface area contributed by atoms with Crippen LogP contribution >= 0.6 is 23.2 Å². The van der Waals surface area contributed by atoms with Crippen LogP contribution in [0.2, 0.25) is 0 Å². The number of nitrogens with two attached hydrogens (primary N) is 1. The van der Waals surface area contributed by atoms with Gasteiger partial charge < -0.3 is 60.0 Å². The number of carboxylic acid groups (broad SMARTS) is 1. The number of anilines is 5. The summed E-state index contributed by atoms with van der Waals surface area (Å²) in [5, 5.41) is 36.7. The maximum Gasteiger partial charge on any atom is 0.339 e. The number of nitrogens with zero attached hydrogens (tertiary/aromatic N) is 16. The van der Waals surface area contributed by atoms with Crippen LogP contribution in [-0.2, 0) is 13.0 Å². The third-order valence-corrected chi connectivity index (χ3v) is 20.2. The molecule has 10 heterocycles. The molecule has 0 bridgehead atoms. The van der Waals surface area contributed by atoms with Crippen LogP contribution < -0.4 is 25.3 Å². The summed E-state index contributed by atoms with van der Waals surface area (Å²) >= 11 is 11.9. The Kier molecular flexibility index (Phi) is 29.9. The summed E-state index contributed by atoms with van der Waals surface area (Å²) < 4.78 is 0. The Hall–Kier alpha value is -10.4. The average Bonchev–Trinajstić information content (AvgIpc) is 1.05. The highest BCUT2D eigenvalue weighted by Crippen LogP contribution is 2.39. The van der Waals surface area contributed by atoms with Gasteiger partial charge in [-0.2, -0.15) is 10.5 Å². The molecule has 4 N–H and O–H groups in total. The van der Waals surface area contributed by atoms with Gasteiger partial charge in [0.15, 0.2) is 0 Å². The fourth-order valence-corrected chi connectivity index (χ4v) is 14.7. The zero-order valence-electron chi connectivity index (χ0n) is 61.7. The van der Waals surface area contributed by atoms with E-state index in [-0.39, 0.29) is 35.7 Å². The van der Waals surface area contributed by atoms with Gasteiger partial charge in [-0.15, -0.1) is 23.2 Å². The van der Waals surface area contributed by atoms with Gasteiger partial charge >= 0.3 is 5.97 Å². The molecule has 4 saturated heterocycles. The van der Waals surface area contributed by atoms with Gasteiger partial charge in [-0.1, -0.05) is 158 Å². The number of piperazine rings is 4. The van der Waals surface area contributed by atoms with Crippen LogP contribution in [0.5, 0.6) is 0 Å². The molecular formula is C85H97Cl2N17O3. The summed E-state index contributed by atoms with van der Waals surface area (Å²) in [6, 6.07) is 73.7. The molecule has 0 saturated carbocycles. The predicted molar refractivity (Wildman–Crippen MR) is 430 cm³/mol. The number of likely N-dealkylation sites (N-methyl/N-ethyl adjacent to an activating group) is 5. The van der Waals surface area contributed by atoms with Gasteiger partial charge in [0.25, 0.3) is 0 Å². The van der Waals surface area contributed by atoms with Crippen molar-refractivity contribution in [1.82, 2.24) is 49.4 Å². The van der Waals surface area contributed by atoms with E-state index in [2.05, 4.69) is 200 Å². The third kappa shape index (κ3) is 21.7. The van der Waals surface area contributed by atoms with Gasteiger partial charge in [0.2, 0.25) is 0 Å². The molecule has 0 spiro atoms. The first-order valence-corrected chi connectivity index (χ1v) is 37.2. The Bertz CT molecular complexity index is 4470. The standard InChI is InChI=1S/C17H18N4.C17H19N3O2.C17H21N3O.C17H19N3.C11H15Cl2N.C6H5N3/c1-20-10-11-21(17-15(12-18)8-5-9-19-17)16(13-20)14-6-3-2-4-7-14;1-19-10-11-20(15(12-19)13-6-3-2-4-7-13)16-14(17(21)22)8-5-9-18-16;1-19-10-11-20(17-15(13-21)8-5-9-18-17)16(12-19)14-6-3-2-4-7-14;1-19-9-10-20-16(12-19)15-7-3-2-5-13(15)11-14-6-4-8-18-17(14)20;1-14(8-7-12)9-11(13)10-5-3-2-4-6-10;7-4-5-2-1-3-9-6(5)8/h2-9,16H,10-11,13H2,1H3;2-9,15H,10-12H2,1H3,(H,21,22);2-9,16,21H,10-13H2,1H3;2-8,16H,9-12H2,1H3;2-6,11H,7-9H2,1H3;1-3H,(H2,8,9). The third-order valence-electron chi connectivity index (χ3n) is 19.7. The maximum atomic E-state index is 11.5. The largest absolute Gasteiger partial charge is 0.478 e. The monoisotopic (exact) mass is 1470 g/mol. The Morgan fingerprint density at radius 1 is 0.495 bits per heavy atom. The van der Waals surface area contributed by atoms with Crippen molar-refractivity contribution in [1.29, 1.82) is 10.5 Å². The van der Waals surface area contributed by atoms with E-state index in [1.165, 1.54) is 39.2 Å². The number of nitrogen functional groups attached to an aromatic ring is 1. The van der Waals surface area contributed by atoms with E-state index in [0.717, 1.165) is 121 Å². The number of aliphatic hydroxyl groups excluding tert-OH is 1. The van der Waals surface area contributed by atoms with Crippen LogP contribution in [0, 0.1) is 22.7 Å². The maximum absolute atomic E-state index is 11.5. The predicted octanol–water partition coefficient (Wildman–Crippen LogP) is 12.9. The van der Waals surface area contributed by atoms with Crippen molar-refractivity contribution >= 4 is 58.3 Å². The highest BCUT2D eigenvalue weighted by atomic mass is 35.5. The lowest BCUT2D eigenvalue weighted by Gasteiger charge is -2.41. The number of benzene rings is 5. The summed E-state index contributed by atoms with van der Waals surface area (Å²) in [5.74, 6) is 3.44. The number of fused-ring (bicyclic) bond motifs is 5. The number of rotatable bonds is 13. The summed E-state index contributed by atoms with van der Waals surface area (Å²) in [7, 11) is 10.6. The minimum absolute atomic E-state index is 0.0248. The van der Waals surface area contributed by atoms with Crippen LogP contribution in [0.25, 0.3) is 0 Å². The molecule has 5 atom stereocenters. The number of aromatic nitrogens is 5. The van der Waals surface area contributed by atoms with Gasteiger partial charge in [0, 0.05) is 140 Å². The average molecular weight is 1480 g/mol. The summed E-state index contributed by atoms with van der Waals surface area (Å²) in [6.07, 6.45) is 9.68. The lowest BCUT2D eigenvalue weighted by atomic mass is 9.96.